The standard InChI is InChI=1S/C16H26N2/c1-2-13-8-10-14(11-9-13)16(12-17)18-15-6-4-3-5-7-15/h8-11,15-16,18H,2-7,12,17H2,1H3. The van der Waals surface area contributed by atoms with Crippen molar-refractivity contribution in [1.29, 1.82) is 0 Å². The highest BCUT2D eigenvalue weighted by atomic mass is 15.0. The van der Waals surface area contributed by atoms with Crippen LogP contribution in [0.15, 0.2) is 24.3 Å². The molecule has 0 radical (unpaired) electrons. The summed E-state index contributed by atoms with van der Waals surface area (Å²) in [6.45, 7) is 2.87. The maximum absolute atomic E-state index is 5.93. The zero-order chi connectivity index (χ0) is 12.8. The van der Waals surface area contributed by atoms with E-state index in [9.17, 15) is 0 Å². The molecule has 2 heteroatoms. The SMILES string of the molecule is CCc1ccc(C(CN)NC2CCCCC2)cc1. The Morgan fingerprint density at radius 3 is 2.39 bits per heavy atom. The Balaban J connectivity index is 1.97. The maximum Gasteiger partial charge on any atom is 0.0446 e. The van der Waals surface area contributed by atoms with E-state index in [1.807, 2.05) is 0 Å². The molecule has 0 aromatic heterocycles. The lowest BCUT2D eigenvalue weighted by molar-refractivity contribution is 0.340. The molecular formula is C16H26N2. The van der Waals surface area contributed by atoms with E-state index in [4.69, 9.17) is 5.73 Å². The van der Waals surface area contributed by atoms with Crippen LogP contribution in [0.25, 0.3) is 0 Å². The molecule has 2 rings (SSSR count). The van der Waals surface area contributed by atoms with E-state index in [0.717, 1.165) is 6.42 Å². The van der Waals surface area contributed by atoms with Gasteiger partial charge in [0, 0.05) is 18.6 Å². The number of hydrogen-bond donors (Lipinski definition) is 2. The molecule has 0 amide bonds. The van der Waals surface area contributed by atoms with Crippen LogP contribution in [0.2, 0.25) is 0 Å². The Morgan fingerprint density at radius 1 is 1.17 bits per heavy atom. The van der Waals surface area contributed by atoms with Gasteiger partial charge in [0.1, 0.15) is 0 Å². The molecule has 0 saturated heterocycles. The van der Waals surface area contributed by atoms with Gasteiger partial charge in [-0.15, -0.1) is 0 Å². The van der Waals surface area contributed by atoms with Crippen LogP contribution in [0.3, 0.4) is 0 Å². The average molecular weight is 246 g/mol. The van der Waals surface area contributed by atoms with Crippen molar-refractivity contribution < 1.29 is 0 Å². The molecule has 1 aliphatic rings. The maximum atomic E-state index is 5.93. The molecule has 1 saturated carbocycles. The minimum atomic E-state index is 0.319. The van der Waals surface area contributed by atoms with Crippen molar-refractivity contribution in [1.82, 2.24) is 5.32 Å². The van der Waals surface area contributed by atoms with Crippen molar-refractivity contribution in [2.45, 2.75) is 57.5 Å². The Hall–Kier alpha value is -0.860. The number of nitrogens with one attached hydrogen (secondary N) is 1. The summed E-state index contributed by atoms with van der Waals surface area (Å²) in [5.74, 6) is 0. The topological polar surface area (TPSA) is 38.0 Å². The number of rotatable bonds is 5. The van der Waals surface area contributed by atoms with Gasteiger partial charge in [-0.05, 0) is 30.4 Å². The number of benzene rings is 1. The van der Waals surface area contributed by atoms with E-state index in [2.05, 4.69) is 36.5 Å². The van der Waals surface area contributed by atoms with Crippen molar-refractivity contribution in [2.24, 2.45) is 5.73 Å². The summed E-state index contributed by atoms with van der Waals surface area (Å²) in [5.41, 5.74) is 8.66. The molecule has 0 aliphatic heterocycles. The highest BCUT2D eigenvalue weighted by molar-refractivity contribution is 5.25. The van der Waals surface area contributed by atoms with Gasteiger partial charge in [0.2, 0.25) is 0 Å². The fraction of sp³-hybridized carbons (Fsp3) is 0.625. The largest absolute Gasteiger partial charge is 0.329 e. The molecule has 2 nitrogen and oxygen atoms in total. The first-order valence-electron chi connectivity index (χ1n) is 7.38. The van der Waals surface area contributed by atoms with Crippen molar-refractivity contribution in [3.05, 3.63) is 35.4 Å². The predicted octanol–water partition coefficient (Wildman–Crippen LogP) is 3.17. The first-order chi connectivity index (χ1) is 8.83. The first kappa shape index (κ1) is 13.6. The molecule has 1 unspecified atom stereocenters. The van der Waals surface area contributed by atoms with Gasteiger partial charge >= 0.3 is 0 Å². The zero-order valence-corrected chi connectivity index (χ0v) is 11.5. The molecule has 1 aliphatic carbocycles. The van der Waals surface area contributed by atoms with Crippen LogP contribution in [0.4, 0.5) is 0 Å². The molecule has 1 aromatic rings. The fourth-order valence-electron chi connectivity index (χ4n) is 2.84. The van der Waals surface area contributed by atoms with Crippen LogP contribution < -0.4 is 11.1 Å². The molecule has 0 bridgehead atoms. The second kappa shape index (κ2) is 6.91. The van der Waals surface area contributed by atoms with Crippen LogP contribution in [0, 0.1) is 0 Å². The number of hydrogen-bond acceptors (Lipinski definition) is 2. The van der Waals surface area contributed by atoms with Crippen molar-refractivity contribution >= 4 is 0 Å². The molecule has 0 heterocycles. The number of nitrogens with two attached hydrogens (primary N) is 1. The molecule has 1 fully saturated rings. The van der Waals surface area contributed by atoms with E-state index in [-0.39, 0.29) is 0 Å². The number of aryl methyl sites for hydroxylation is 1. The van der Waals surface area contributed by atoms with Crippen LogP contribution in [0.1, 0.15) is 56.2 Å². The zero-order valence-electron chi connectivity index (χ0n) is 11.5. The third-order valence-corrected chi connectivity index (χ3v) is 4.07. The van der Waals surface area contributed by atoms with Gasteiger partial charge in [0.25, 0.3) is 0 Å². The second-order valence-corrected chi connectivity index (χ2v) is 5.39. The Labute approximate surface area is 111 Å². The normalized spacial score (nSPS) is 18.8. The first-order valence-corrected chi connectivity index (χ1v) is 7.38. The molecular weight excluding hydrogens is 220 g/mol. The smallest absolute Gasteiger partial charge is 0.0446 e. The monoisotopic (exact) mass is 246 g/mol. The fourth-order valence-corrected chi connectivity index (χ4v) is 2.84. The Morgan fingerprint density at radius 2 is 1.83 bits per heavy atom. The van der Waals surface area contributed by atoms with Crippen molar-refractivity contribution in [3.63, 3.8) is 0 Å². The quantitative estimate of drug-likeness (QED) is 0.837. The van der Waals surface area contributed by atoms with E-state index < -0.39 is 0 Å². The molecule has 1 atom stereocenters. The van der Waals surface area contributed by atoms with Gasteiger partial charge in [-0.1, -0.05) is 50.5 Å². The highest BCUT2D eigenvalue weighted by Gasteiger charge is 2.17. The lowest BCUT2D eigenvalue weighted by atomic mass is 9.94. The molecule has 0 spiro atoms. The van der Waals surface area contributed by atoms with Crippen molar-refractivity contribution in [3.8, 4) is 0 Å². The minimum absolute atomic E-state index is 0.319. The van der Waals surface area contributed by atoms with Crippen LogP contribution in [0.5, 0.6) is 0 Å². The molecule has 3 N–H and O–H groups in total. The molecule has 18 heavy (non-hydrogen) atoms. The minimum Gasteiger partial charge on any atom is -0.329 e. The van der Waals surface area contributed by atoms with E-state index >= 15 is 0 Å². The van der Waals surface area contributed by atoms with Gasteiger partial charge in [0.05, 0.1) is 0 Å². The van der Waals surface area contributed by atoms with Crippen molar-refractivity contribution in [2.75, 3.05) is 6.54 Å². The summed E-state index contributed by atoms with van der Waals surface area (Å²) >= 11 is 0. The summed E-state index contributed by atoms with van der Waals surface area (Å²) in [6.07, 6.45) is 7.85. The summed E-state index contributed by atoms with van der Waals surface area (Å²) in [5, 5.41) is 3.73. The van der Waals surface area contributed by atoms with Crippen LogP contribution >= 0.6 is 0 Å². The summed E-state index contributed by atoms with van der Waals surface area (Å²) in [4.78, 5) is 0. The van der Waals surface area contributed by atoms with Gasteiger partial charge < -0.3 is 11.1 Å². The highest BCUT2D eigenvalue weighted by Crippen LogP contribution is 2.21. The average Bonchev–Trinajstić information content (AvgIpc) is 2.46. The molecule has 1 aromatic carbocycles. The summed E-state index contributed by atoms with van der Waals surface area (Å²) < 4.78 is 0. The third kappa shape index (κ3) is 3.56. The van der Waals surface area contributed by atoms with E-state index in [0.29, 0.717) is 18.6 Å². The van der Waals surface area contributed by atoms with E-state index in [1.54, 1.807) is 0 Å². The Bertz CT molecular complexity index is 339. The van der Waals surface area contributed by atoms with Gasteiger partial charge in [0.15, 0.2) is 0 Å². The summed E-state index contributed by atoms with van der Waals surface area (Å²) in [6, 6.07) is 9.89. The third-order valence-electron chi connectivity index (χ3n) is 4.07. The second-order valence-electron chi connectivity index (χ2n) is 5.39. The van der Waals surface area contributed by atoms with Gasteiger partial charge in [-0.3, -0.25) is 0 Å². The molecule has 100 valence electrons. The van der Waals surface area contributed by atoms with Gasteiger partial charge in [-0.2, -0.15) is 0 Å². The van der Waals surface area contributed by atoms with Crippen LogP contribution in [-0.2, 0) is 6.42 Å². The van der Waals surface area contributed by atoms with E-state index in [1.165, 1.54) is 43.2 Å². The lowest BCUT2D eigenvalue weighted by Gasteiger charge is -2.28. The lowest BCUT2D eigenvalue weighted by Crippen LogP contribution is -2.37. The Kier molecular flexibility index (Phi) is 5.21. The summed E-state index contributed by atoms with van der Waals surface area (Å²) in [7, 11) is 0. The van der Waals surface area contributed by atoms with Gasteiger partial charge in [-0.25, -0.2) is 0 Å². The van der Waals surface area contributed by atoms with Crippen LogP contribution in [-0.4, -0.2) is 12.6 Å². The predicted molar refractivity (Wildman–Crippen MR) is 77.6 cm³/mol.